The van der Waals surface area contributed by atoms with Gasteiger partial charge in [0, 0.05) is 14.7 Å². The van der Waals surface area contributed by atoms with Crippen LogP contribution in [-0.2, 0) is 0 Å². The molecule has 3 aromatic carbocycles. The molecule has 3 aromatic rings. The smallest absolute Gasteiger partial charge is 0.144 e. The van der Waals surface area contributed by atoms with Crippen molar-refractivity contribution in [3.8, 4) is 0 Å². The predicted molar refractivity (Wildman–Crippen MR) is 106 cm³/mol. The second-order valence-electron chi connectivity index (χ2n) is 4.93. The first-order valence-corrected chi connectivity index (χ1v) is 9.74. The summed E-state index contributed by atoms with van der Waals surface area (Å²) in [5.41, 5.74) is 0. The highest BCUT2D eigenvalue weighted by Gasteiger charge is 2.24. The van der Waals surface area contributed by atoms with Gasteiger partial charge >= 0.3 is 0 Å². The molecule has 0 aromatic heterocycles. The van der Waals surface area contributed by atoms with Gasteiger partial charge in [-0.1, -0.05) is 54.6 Å². The molecule has 0 heterocycles. The molecule has 0 aliphatic rings. The van der Waals surface area contributed by atoms with E-state index in [0.29, 0.717) is 0 Å². The largest absolute Gasteiger partial charge is 0.158 e. The van der Waals surface area contributed by atoms with Crippen molar-refractivity contribution in [1.82, 2.24) is 0 Å². The van der Waals surface area contributed by atoms with Crippen LogP contribution in [0.5, 0.6) is 0 Å². The lowest BCUT2D eigenvalue weighted by atomic mass is 10.3. The molecular weight excluding hydrogens is 340 g/mol. The lowest BCUT2D eigenvalue weighted by Crippen LogP contribution is -2.53. The normalized spacial score (nSPS) is 10.9. The second-order valence-corrected chi connectivity index (χ2v) is 8.74. The molecule has 0 N–H and O–H groups in total. The fourth-order valence-electron chi connectivity index (χ4n) is 2.49. The number of benzene rings is 3. The van der Waals surface area contributed by atoms with Gasteiger partial charge in [0.2, 0.25) is 0 Å². The third-order valence-corrected chi connectivity index (χ3v) is 8.25. The Morgan fingerprint density at radius 2 is 0.727 bits per heavy atom. The van der Waals surface area contributed by atoms with E-state index in [0.717, 1.165) is 14.7 Å². The van der Waals surface area contributed by atoms with Crippen molar-refractivity contribution in [3.05, 3.63) is 72.8 Å². The first-order chi connectivity index (χ1) is 10.7. The summed E-state index contributed by atoms with van der Waals surface area (Å²) in [7, 11) is -1.20. The fourth-order valence-corrected chi connectivity index (χ4v) is 6.66. The molecule has 3 rings (SSSR count). The topological polar surface area (TPSA) is 0 Å². The molecule has 22 heavy (non-hydrogen) atoms. The molecule has 109 valence electrons. The predicted octanol–water partition coefficient (Wildman–Crippen LogP) is 3.07. The highest BCUT2D eigenvalue weighted by Crippen LogP contribution is 2.11. The van der Waals surface area contributed by atoms with E-state index in [1.807, 2.05) is 36.4 Å². The molecule has 0 spiro atoms. The van der Waals surface area contributed by atoms with Gasteiger partial charge in [-0.15, -0.1) is 37.9 Å². The molecule has 0 unspecified atom stereocenters. The van der Waals surface area contributed by atoms with E-state index in [4.69, 9.17) is 0 Å². The maximum atomic E-state index is 4.68. The Hall–Kier alpha value is -1.07. The van der Waals surface area contributed by atoms with Crippen LogP contribution in [0.2, 0.25) is 0 Å². The summed E-state index contributed by atoms with van der Waals surface area (Å²) < 4.78 is 0. The second kappa shape index (κ2) is 7.00. The average Bonchev–Trinajstić information content (AvgIpc) is 2.53. The van der Waals surface area contributed by atoms with Crippen LogP contribution in [0.15, 0.2) is 87.5 Å². The molecule has 0 saturated carbocycles. The Balaban J connectivity index is 2.27. The van der Waals surface area contributed by atoms with E-state index >= 15 is 0 Å². The minimum atomic E-state index is -1.20. The molecule has 1 radical (unpaired) electrons. The van der Waals surface area contributed by atoms with E-state index in [1.54, 1.807) is 0 Å². The SMILES string of the molecule is Sc1ccccc1[Si](c1ccccc1S)c1ccccc1S. The third kappa shape index (κ3) is 3.15. The van der Waals surface area contributed by atoms with Gasteiger partial charge < -0.3 is 0 Å². The van der Waals surface area contributed by atoms with Crippen LogP contribution >= 0.6 is 37.9 Å². The monoisotopic (exact) mass is 355 g/mol. The van der Waals surface area contributed by atoms with Crippen molar-refractivity contribution in [2.45, 2.75) is 14.7 Å². The summed E-state index contributed by atoms with van der Waals surface area (Å²) in [6, 6.07) is 24.9. The average molecular weight is 356 g/mol. The van der Waals surface area contributed by atoms with Crippen LogP contribution in [0.4, 0.5) is 0 Å². The van der Waals surface area contributed by atoms with Crippen LogP contribution in [0.25, 0.3) is 0 Å². The summed E-state index contributed by atoms with van der Waals surface area (Å²) in [4.78, 5) is 3.05. The van der Waals surface area contributed by atoms with Gasteiger partial charge in [0.15, 0.2) is 8.80 Å². The van der Waals surface area contributed by atoms with Crippen LogP contribution in [0.3, 0.4) is 0 Å². The fraction of sp³-hybridized carbons (Fsp3) is 0. The van der Waals surface area contributed by atoms with Gasteiger partial charge in [0.25, 0.3) is 0 Å². The zero-order valence-corrected chi connectivity index (χ0v) is 15.5. The molecule has 0 amide bonds. The lowest BCUT2D eigenvalue weighted by Gasteiger charge is -2.21. The molecule has 0 bridgehead atoms. The Kier molecular flexibility index (Phi) is 5.03. The first kappa shape index (κ1) is 15.8. The Labute approximate surface area is 149 Å². The van der Waals surface area contributed by atoms with Crippen molar-refractivity contribution in [2.24, 2.45) is 0 Å². The minimum Gasteiger partial charge on any atom is -0.144 e. The van der Waals surface area contributed by atoms with E-state index in [1.165, 1.54) is 15.6 Å². The molecule has 0 atom stereocenters. The minimum absolute atomic E-state index is 1.02. The van der Waals surface area contributed by atoms with E-state index < -0.39 is 8.80 Å². The number of hydrogen-bond donors (Lipinski definition) is 3. The summed E-state index contributed by atoms with van der Waals surface area (Å²) >= 11 is 14.0. The highest BCUT2D eigenvalue weighted by atomic mass is 32.1. The zero-order valence-electron chi connectivity index (χ0n) is 11.8. The molecule has 0 aliphatic heterocycles. The lowest BCUT2D eigenvalue weighted by molar-refractivity contribution is 1.48. The van der Waals surface area contributed by atoms with Gasteiger partial charge in [-0.2, -0.15) is 0 Å². The van der Waals surface area contributed by atoms with E-state index in [2.05, 4.69) is 74.3 Å². The number of rotatable bonds is 3. The molecule has 0 saturated heterocycles. The summed E-state index contributed by atoms with van der Waals surface area (Å²) in [6.45, 7) is 0. The molecule has 0 aliphatic carbocycles. The van der Waals surface area contributed by atoms with Crippen molar-refractivity contribution in [2.75, 3.05) is 0 Å². The Morgan fingerprint density at radius 1 is 0.455 bits per heavy atom. The van der Waals surface area contributed by atoms with Crippen LogP contribution in [-0.4, -0.2) is 8.80 Å². The Bertz CT molecular complexity index is 693. The quantitative estimate of drug-likeness (QED) is 0.359. The maximum Gasteiger partial charge on any atom is 0.158 e. The van der Waals surface area contributed by atoms with Crippen molar-refractivity contribution in [1.29, 1.82) is 0 Å². The molecule has 0 nitrogen and oxygen atoms in total. The maximum absolute atomic E-state index is 4.68. The van der Waals surface area contributed by atoms with Crippen LogP contribution < -0.4 is 15.6 Å². The highest BCUT2D eigenvalue weighted by molar-refractivity contribution is 7.81. The van der Waals surface area contributed by atoms with Crippen LogP contribution in [0, 0.1) is 0 Å². The van der Waals surface area contributed by atoms with Crippen molar-refractivity contribution in [3.63, 3.8) is 0 Å². The third-order valence-electron chi connectivity index (χ3n) is 3.52. The standard InChI is InChI=1S/C18H15S3Si/c19-13-7-1-4-10-16(13)22(17-11-5-2-8-14(17)20)18-12-6-3-9-15(18)21/h1-12,19-21H. The van der Waals surface area contributed by atoms with Gasteiger partial charge in [0.1, 0.15) is 0 Å². The number of thiol groups is 3. The van der Waals surface area contributed by atoms with Gasteiger partial charge in [-0.3, -0.25) is 0 Å². The van der Waals surface area contributed by atoms with Gasteiger partial charge in [-0.05, 0) is 33.8 Å². The molecular formula is C18H15S3Si. The number of hydrogen-bond acceptors (Lipinski definition) is 3. The molecule has 4 heteroatoms. The van der Waals surface area contributed by atoms with Gasteiger partial charge in [-0.25, -0.2) is 0 Å². The zero-order chi connectivity index (χ0) is 15.5. The van der Waals surface area contributed by atoms with Crippen molar-refractivity contribution >= 4 is 62.2 Å². The Morgan fingerprint density at radius 3 is 1.00 bits per heavy atom. The van der Waals surface area contributed by atoms with Crippen LogP contribution in [0.1, 0.15) is 0 Å². The van der Waals surface area contributed by atoms with E-state index in [9.17, 15) is 0 Å². The van der Waals surface area contributed by atoms with Gasteiger partial charge in [0.05, 0.1) is 0 Å². The summed E-state index contributed by atoms with van der Waals surface area (Å²) in [6.07, 6.45) is 0. The van der Waals surface area contributed by atoms with Crippen molar-refractivity contribution < 1.29 is 0 Å². The summed E-state index contributed by atoms with van der Waals surface area (Å²) in [5, 5.41) is 3.79. The van der Waals surface area contributed by atoms with E-state index in [-0.39, 0.29) is 0 Å². The summed E-state index contributed by atoms with van der Waals surface area (Å²) in [5.74, 6) is 0. The first-order valence-electron chi connectivity index (χ1n) is 6.90. The molecule has 0 fully saturated rings.